The first-order chi connectivity index (χ1) is 10.0. The van der Waals surface area contributed by atoms with Crippen molar-refractivity contribution in [2.75, 3.05) is 19.0 Å². The first kappa shape index (κ1) is 15.2. The average Bonchev–Trinajstić information content (AvgIpc) is 2.97. The lowest BCUT2D eigenvalue weighted by atomic mass is 9.93. The topological polar surface area (TPSA) is 93.5 Å². The molecule has 0 aromatic heterocycles. The van der Waals surface area contributed by atoms with Gasteiger partial charge in [0, 0.05) is 12.1 Å². The molecule has 1 amide bonds. The third-order valence-electron chi connectivity index (χ3n) is 3.92. The van der Waals surface area contributed by atoms with Gasteiger partial charge in [0.15, 0.2) is 0 Å². The molecule has 0 spiro atoms. The molecule has 1 atom stereocenters. The molecule has 0 bridgehead atoms. The Kier molecular flexibility index (Phi) is 4.42. The molecule has 1 aromatic rings. The number of nitro benzene ring substituents is 1. The summed E-state index contributed by atoms with van der Waals surface area (Å²) in [6, 6.07) is 4.14. The molecule has 7 heteroatoms. The van der Waals surface area contributed by atoms with Crippen molar-refractivity contribution >= 4 is 17.3 Å². The fraction of sp³-hybridized carbons (Fsp3) is 0.500. The highest BCUT2D eigenvalue weighted by molar-refractivity contribution is 5.99. The summed E-state index contributed by atoms with van der Waals surface area (Å²) >= 11 is 0. The zero-order chi connectivity index (χ0) is 15.5. The minimum Gasteiger partial charge on any atom is -0.495 e. The van der Waals surface area contributed by atoms with E-state index in [1.807, 2.05) is 6.92 Å². The Bertz CT molecular complexity index is 553. The minimum absolute atomic E-state index is 0.0870. The Balaban J connectivity index is 2.27. The summed E-state index contributed by atoms with van der Waals surface area (Å²) in [7, 11) is 1.46. The number of hydrogen-bond acceptors (Lipinski definition) is 5. The number of ether oxygens (including phenoxy) is 1. The Labute approximate surface area is 122 Å². The highest BCUT2D eigenvalue weighted by Gasteiger charge is 2.39. The van der Waals surface area contributed by atoms with Gasteiger partial charge >= 0.3 is 0 Å². The molecule has 2 rings (SSSR count). The van der Waals surface area contributed by atoms with E-state index in [2.05, 4.69) is 10.6 Å². The summed E-state index contributed by atoms with van der Waals surface area (Å²) in [5.74, 6) is 0.222. The first-order valence-corrected chi connectivity index (χ1v) is 6.91. The van der Waals surface area contributed by atoms with Crippen LogP contribution in [-0.4, -0.2) is 30.0 Å². The van der Waals surface area contributed by atoms with Gasteiger partial charge < -0.3 is 15.4 Å². The predicted molar refractivity (Wildman–Crippen MR) is 78.5 cm³/mol. The minimum atomic E-state index is -0.602. The molecule has 1 unspecified atom stereocenters. The number of hydrogen-bond donors (Lipinski definition) is 2. The van der Waals surface area contributed by atoms with Crippen LogP contribution in [0.4, 0.5) is 11.4 Å². The lowest BCUT2D eigenvalue weighted by molar-refractivity contribution is -0.384. The molecule has 7 nitrogen and oxygen atoms in total. The van der Waals surface area contributed by atoms with Crippen LogP contribution in [0.15, 0.2) is 18.2 Å². The quantitative estimate of drug-likeness (QED) is 0.640. The smallest absolute Gasteiger partial charge is 0.271 e. The van der Waals surface area contributed by atoms with Crippen LogP contribution in [0, 0.1) is 10.1 Å². The van der Waals surface area contributed by atoms with Crippen molar-refractivity contribution < 1.29 is 14.5 Å². The van der Waals surface area contributed by atoms with Crippen molar-refractivity contribution in [3.8, 4) is 5.75 Å². The van der Waals surface area contributed by atoms with Gasteiger partial charge in [-0.25, -0.2) is 0 Å². The van der Waals surface area contributed by atoms with Crippen LogP contribution in [-0.2, 0) is 4.79 Å². The number of nitro groups is 1. The standard InChI is InChI=1S/C14H19N3O4/c1-3-14(7-4-8-15-14)13(18)16-11-9-10(17(19)20)5-6-12(11)21-2/h5-6,9,15H,3-4,7-8H2,1-2H3,(H,16,18). The predicted octanol–water partition coefficient (Wildman–Crippen LogP) is 2.07. The van der Waals surface area contributed by atoms with Crippen molar-refractivity contribution in [2.45, 2.75) is 31.7 Å². The first-order valence-electron chi connectivity index (χ1n) is 6.91. The lowest BCUT2D eigenvalue weighted by Gasteiger charge is -2.27. The van der Waals surface area contributed by atoms with E-state index in [4.69, 9.17) is 4.74 Å². The van der Waals surface area contributed by atoms with E-state index in [1.165, 1.54) is 25.3 Å². The average molecular weight is 293 g/mol. The number of methoxy groups -OCH3 is 1. The zero-order valence-electron chi connectivity index (χ0n) is 12.1. The molecule has 0 aliphatic carbocycles. The number of carbonyl (C=O) groups excluding carboxylic acids is 1. The van der Waals surface area contributed by atoms with E-state index in [-0.39, 0.29) is 11.6 Å². The largest absolute Gasteiger partial charge is 0.495 e. The van der Waals surface area contributed by atoms with Gasteiger partial charge in [-0.1, -0.05) is 6.92 Å². The fourth-order valence-electron chi connectivity index (χ4n) is 2.61. The number of amides is 1. The van der Waals surface area contributed by atoms with Crippen LogP contribution in [0.1, 0.15) is 26.2 Å². The number of nitrogens with zero attached hydrogens (tertiary/aromatic N) is 1. The third-order valence-corrected chi connectivity index (χ3v) is 3.92. The number of anilines is 1. The molecule has 0 saturated carbocycles. The van der Waals surface area contributed by atoms with Crippen LogP contribution in [0.2, 0.25) is 0 Å². The van der Waals surface area contributed by atoms with Gasteiger partial charge in [-0.3, -0.25) is 14.9 Å². The van der Waals surface area contributed by atoms with Crippen molar-refractivity contribution in [3.63, 3.8) is 0 Å². The number of benzene rings is 1. The van der Waals surface area contributed by atoms with Crippen molar-refractivity contribution in [2.24, 2.45) is 0 Å². The summed E-state index contributed by atoms with van der Waals surface area (Å²) in [6.07, 6.45) is 2.36. The third kappa shape index (κ3) is 2.97. The van der Waals surface area contributed by atoms with Gasteiger partial charge in [-0.05, 0) is 31.9 Å². The maximum Gasteiger partial charge on any atom is 0.271 e. The second-order valence-corrected chi connectivity index (χ2v) is 5.06. The van der Waals surface area contributed by atoms with Crippen LogP contribution in [0.5, 0.6) is 5.75 Å². The maximum absolute atomic E-state index is 12.5. The lowest BCUT2D eigenvalue weighted by Crippen LogP contribution is -2.50. The van der Waals surface area contributed by atoms with Gasteiger partial charge in [0.25, 0.3) is 5.69 Å². The summed E-state index contributed by atoms with van der Waals surface area (Å²) in [4.78, 5) is 22.9. The Morgan fingerprint density at radius 2 is 2.33 bits per heavy atom. The highest BCUT2D eigenvalue weighted by Crippen LogP contribution is 2.31. The normalized spacial score (nSPS) is 21.0. The molecule has 1 aliphatic heterocycles. The van der Waals surface area contributed by atoms with Gasteiger partial charge in [-0.15, -0.1) is 0 Å². The van der Waals surface area contributed by atoms with Gasteiger partial charge in [0.05, 0.1) is 23.3 Å². The van der Waals surface area contributed by atoms with E-state index < -0.39 is 10.5 Å². The molecular weight excluding hydrogens is 274 g/mol. The molecule has 1 aromatic carbocycles. The Morgan fingerprint density at radius 3 is 2.86 bits per heavy atom. The number of nitrogens with one attached hydrogen (secondary N) is 2. The maximum atomic E-state index is 12.5. The van der Waals surface area contributed by atoms with E-state index >= 15 is 0 Å². The number of non-ortho nitro benzene ring substituents is 1. The van der Waals surface area contributed by atoms with Gasteiger partial charge in [-0.2, -0.15) is 0 Å². The van der Waals surface area contributed by atoms with Crippen LogP contribution >= 0.6 is 0 Å². The van der Waals surface area contributed by atoms with Crippen LogP contribution in [0.25, 0.3) is 0 Å². The molecular formula is C14H19N3O4. The molecule has 1 saturated heterocycles. The SMILES string of the molecule is CCC1(C(=O)Nc2cc([N+](=O)[O-])ccc2OC)CCCN1. The molecule has 0 radical (unpaired) electrons. The number of rotatable bonds is 5. The van der Waals surface area contributed by atoms with Gasteiger partial charge in [0.1, 0.15) is 5.75 Å². The van der Waals surface area contributed by atoms with Crippen LogP contribution in [0.3, 0.4) is 0 Å². The van der Waals surface area contributed by atoms with Gasteiger partial charge in [0.2, 0.25) is 5.91 Å². The second-order valence-electron chi connectivity index (χ2n) is 5.06. The monoisotopic (exact) mass is 293 g/mol. The van der Waals surface area contributed by atoms with E-state index in [0.29, 0.717) is 17.9 Å². The van der Waals surface area contributed by atoms with E-state index in [9.17, 15) is 14.9 Å². The van der Waals surface area contributed by atoms with E-state index in [1.54, 1.807) is 0 Å². The fourth-order valence-corrected chi connectivity index (χ4v) is 2.61. The Morgan fingerprint density at radius 1 is 1.57 bits per heavy atom. The Hall–Kier alpha value is -2.15. The van der Waals surface area contributed by atoms with Crippen molar-refractivity contribution in [1.82, 2.24) is 5.32 Å². The summed E-state index contributed by atoms with van der Waals surface area (Å²) in [5.41, 5.74) is -0.371. The molecule has 114 valence electrons. The molecule has 1 aliphatic rings. The molecule has 21 heavy (non-hydrogen) atoms. The number of carbonyl (C=O) groups is 1. The summed E-state index contributed by atoms with van der Waals surface area (Å²) in [5, 5.41) is 16.8. The van der Waals surface area contributed by atoms with Crippen molar-refractivity contribution in [3.05, 3.63) is 28.3 Å². The zero-order valence-corrected chi connectivity index (χ0v) is 12.1. The molecule has 1 fully saturated rings. The molecule has 2 N–H and O–H groups in total. The van der Waals surface area contributed by atoms with Crippen LogP contribution < -0.4 is 15.4 Å². The second kappa shape index (κ2) is 6.09. The van der Waals surface area contributed by atoms with Crippen molar-refractivity contribution in [1.29, 1.82) is 0 Å². The molecule has 1 heterocycles. The highest BCUT2D eigenvalue weighted by atomic mass is 16.6. The summed E-state index contributed by atoms with van der Waals surface area (Å²) in [6.45, 7) is 2.75. The van der Waals surface area contributed by atoms with E-state index in [0.717, 1.165) is 19.4 Å². The summed E-state index contributed by atoms with van der Waals surface area (Å²) < 4.78 is 5.15.